The van der Waals surface area contributed by atoms with E-state index < -0.39 is 11.7 Å². The summed E-state index contributed by atoms with van der Waals surface area (Å²) in [6.45, 7) is 0.112. The number of hydrogen-bond acceptors (Lipinski definition) is 2. The molecule has 5 heteroatoms. The minimum atomic E-state index is -4.35. The van der Waals surface area contributed by atoms with Crippen LogP contribution in [0.25, 0.3) is 0 Å². The molecule has 17 heavy (non-hydrogen) atoms. The highest BCUT2D eigenvalue weighted by molar-refractivity contribution is 5.56. The van der Waals surface area contributed by atoms with Crippen molar-refractivity contribution in [2.24, 2.45) is 0 Å². The largest absolute Gasteiger partial charge is 0.418 e. The molecule has 1 fully saturated rings. The van der Waals surface area contributed by atoms with Crippen molar-refractivity contribution in [1.82, 2.24) is 0 Å². The summed E-state index contributed by atoms with van der Waals surface area (Å²) in [7, 11) is 0. The van der Waals surface area contributed by atoms with Gasteiger partial charge < -0.3 is 10.0 Å². The van der Waals surface area contributed by atoms with E-state index in [0.717, 1.165) is 18.9 Å². The molecule has 2 nitrogen and oxygen atoms in total. The van der Waals surface area contributed by atoms with Crippen molar-refractivity contribution >= 4 is 5.69 Å². The SMILES string of the molecule is OCCN(c1ccccc1C(F)(F)F)C1CC1. The zero-order valence-electron chi connectivity index (χ0n) is 9.24. The van der Waals surface area contributed by atoms with Crippen molar-refractivity contribution < 1.29 is 18.3 Å². The van der Waals surface area contributed by atoms with E-state index in [1.54, 1.807) is 11.0 Å². The Morgan fingerprint density at radius 3 is 2.41 bits per heavy atom. The Balaban J connectivity index is 2.35. The molecule has 0 radical (unpaired) electrons. The van der Waals surface area contributed by atoms with Crippen LogP contribution in [0.2, 0.25) is 0 Å². The second-order valence-electron chi connectivity index (χ2n) is 4.16. The molecule has 0 unspecified atom stereocenters. The van der Waals surface area contributed by atoms with Gasteiger partial charge in [-0.3, -0.25) is 0 Å². The Morgan fingerprint density at radius 2 is 1.88 bits per heavy atom. The molecule has 1 aliphatic carbocycles. The highest BCUT2D eigenvalue weighted by atomic mass is 19.4. The zero-order chi connectivity index (χ0) is 12.5. The van der Waals surface area contributed by atoms with Gasteiger partial charge in [0.1, 0.15) is 0 Å². The summed E-state index contributed by atoms with van der Waals surface area (Å²) in [6.07, 6.45) is -2.56. The maximum absolute atomic E-state index is 12.8. The Hall–Kier alpha value is -1.23. The van der Waals surface area contributed by atoms with E-state index in [-0.39, 0.29) is 24.9 Å². The molecule has 0 bridgehead atoms. The van der Waals surface area contributed by atoms with Gasteiger partial charge in [0.25, 0.3) is 0 Å². The van der Waals surface area contributed by atoms with Crippen LogP contribution in [0.3, 0.4) is 0 Å². The normalized spacial score (nSPS) is 16.0. The molecule has 0 heterocycles. The Morgan fingerprint density at radius 1 is 1.24 bits per heavy atom. The van der Waals surface area contributed by atoms with E-state index in [9.17, 15) is 13.2 Å². The van der Waals surface area contributed by atoms with Crippen LogP contribution in [-0.4, -0.2) is 24.3 Å². The van der Waals surface area contributed by atoms with Gasteiger partial charge in [0.15, 0.2) is 0 Å². The van der Waals surface area contributed by atoms with Crippen molar-refractivity contribution in [2.45, 2.75) is 25.1 Å². The average Bonchev–Trinajstić information content (AvgIpc) is 3.08. The van der Waals surface area contributed by atoms with Crippen LogP contribution in [-0.2, 0) is 6.18 Å². The molecular weight excluding hydrogens is 231 g/mol. The van der Waals surface area contributed by atoms with Gasteiger partial charge in [0.2, 0.25) is 0 Å². The van der Waals surface area contributed by atoms with Gasteiger partial charge in [-0.1, -0.05) is 12.1 Å². The Kier molecular flexibility index (Phi) is 3.28. The molecule has 0 amide bonds. The topological polar surface area (TPSA) is 23.5 Å². The minimum absolute atomic E-state index is 0.136. The molecule has 0 saturated heterocycles. The lowest BCUT2D eigenvalue weighted by molar-refractivity contribution is -0.137. The van der Waals surface area contributed by atoms with E-state index in [2.05, 4.69) is 0 Å². The number of halogens is 3. The van der Waals surface area contributed by atoms with Gasteiger partial charge in [-0.05, 0) is 25.0 Å². The van der Waals surface area contributed by atoms with Crippen LogP contribution in [0, 0.1) is 0 Å². The molecule has 0 spiro atoms. The van der Waals surface area contributed by atoms with Gasteiger partial charge in [-0.15, -0.1) is 0 Å². The van der Waals surface area contributed by atoms with Crippen molar-refractivity contribution in [2.75, 3.05) is 18.1 Å². The van der Waals surface area contributed by atoms with Crippen LogP contribution in [0.1, 0.15) is 18.4 Å². The second kappa shape index (κ2) is 4.56. The summed E-state index contributed by atoms with van der Waals surface area (Å²) in [5.74, 6) is 0. The van der Waals surface area contributed by atoms with Gasteiger partial charge in [0, 0.05) is 18.3 Å². The summed E-state index contributed by atoms with van der Waals surface area (Å²) in [6, 6.07) is 5.68. The highest BCUT2D eigenvalue weighted by Crippen LogP contribution is 2.40. The number of hydrogen-bond donors (Lipinski definition) is 1. The lowest BCUT2D eigenvalue weighted by atomic mass is 10.1. The van der Waals surface area contributed by atoms with E-state index in [4.69, 9.17) is 5.11 Å². The Bertz CT molecular complexity index is 388. The number of alkyl halides is 3. The van der Waals surface area contributed by atoms with E-state index in [0.29, 0.717) is 0 Å². The quantitative estimate of drug-likeness (QED) is 0.881. The lowest BCUT2D eigenvalue weighted by Crippen LogP contribution is -2.30. The standard InChI is InChI=1S/C12H14F3NO/c13-12(14,15)10-3-1-2-4-11(10)16(7-8-17)9-5-6-9/h1-4,9,17H,5-8H2. The maximum Gasteiger partial charge on any atom is 0.418 e. The summed E-state index contributed by atoms with van der Waals surface area (Å²) in [4.78, 5) is 1.66. The van der Waals surface area contributed by atoms with Gasteiger partial charge >= 0.3 is 6.18 Å². The fourth-order valence-corrected chi connectivity index (χ4v) is 1.96. The van der Waals surface area contributed by atoms with E-state index >= 15 is 0 Å². The first-order chi connectivity index (χ1) is 8.04. The lowest BCUT2D eigenvalue weighted by Gasteiger charge is -2.27. The smallest absolute Gasteiger partial charge is 0.395 e. The van der Waals surface area contributed by atoms with Crippen molar-refractivity contribution in [3.8, 4) is 0 Å². The van der Waals surface area contributed by atoms with Gasteiger partial charge in [-0.2, -0.15) is 13.2 Å². The monoisotopic (exact) mass is 245 g/mol. The van der Waals surface area contributed by atoms with Gasteiger partial charge in [0.05, 0.1) is 12.2 Å². The maximum atomic E-state index is 12.8. The van der Waals surface area contributed by atoms with Crippen LogP contribution in [0.15, 0.2) is 24.3 Å². The number of aliphatic hydroxyl groups is 1. The molecular formula is C12H14F3NO. The molecule has 0 aromatic heterocycles. The predicted octanol–water partition coefficient (Wildman–Crippen LogP) is 2.67. The first kappa shape index (κ1) is 12.2. The number of rotatable bonds is 4. The number of benzene rings is 1. The third-order valence-corrected chi connectivity index (χ3v) is 2.85. The second-order valence-corrected chi connectivity index (χ2v) is 4.16. The van der Waals surface area contributed by atoms with Crippen molar-refractivity contribution in [3.05, 3.63) is 29.8 Å². The van der Waals surface area contributed by atoms with E-state index in [1.165, 1.54) is 12.1 Å². The van der Waals surface area contributed by atoms with Crippen molar-refractivity contribution in [1.29, 1.82) is 0 Å². The third-order valence-electron chi connectivity index (χ3n) is 2.85. The Labute approximate surface area is 97.7 Å². The summed E-state index contributed by atoms with van der Waals surface area (Å²) in [5.41, 5.74) is -0.447. The number of aliphatic hydroxyl groups excluding tert-OH is 1. The summed E-state index contributed by atoms with van der Waals surface area (Å²) >= 11 is 0. The molecule has 1 N–H and O–H groups in total. The number of para-hydroxylation sites is 1. The third kappa shape index (κ3) is 2.72. The van der Waals surface area contributed by atoms with Gasteiger partial charge in [-0.25, -0.2) is 0 Å². The fourth-order valence-electron chi connectivity index (χ4n) is 1.96. The van der Waals surface area contributed by atoms with Crippen LogP contribution in [0.4, 0.5) is 18.9 Å². The summed E-state index contributed by atoms with van der Waals surface area (Å²) in [5, 5.41) is 8.95. The molecule has 1 aromatic carbocycles. The average molecular weight is 245 g/mol. The summed E-state index contributed by atoms with van der Waals surface area (Å²) < 4.78 is 38.5. The number of anilines is 1. The first-order valence-corrected chi connectivity index (χ1v) is 5.58. The molecule has 2 rings (SSSR count). The minimum Gasteiger partial charge on any atom is -0.395 e. The first-order valence-electron chi connectivity index (χ1n) is 5.58. The van der Waals surface area contributed by atoms with Crippen LogP contribution >= 0.6 is 0 Å². The highest BCUT2D eigenvalue weighted by Gasteiger charge is 2.37. The van der Waals surface area contributed by atoms with E-state index in [1.807, 2.05) is 0 Å². The fraction of sp³-hybridized carbons (Fsp3) is 0.500. The molecule has 0 aliphatic heterocycles. The number of nitrogens with zero attached hydrogens (tertiary/aromatic N) is 1. The molecule has 1 saturated carbocycles. The van der Waals surface area contributed by atoms with Crippen molar-refractivity contribution in [3.63, 3.8) is 0 Å². The molecule has 1 aliphatic rings. The van der Waals surface area contributed by atoms with Crippen LogP contribution in [0.5, 0.6) is 0 Å². The zero-order valence-corrected chi connectivity index (χ0v) is 9.24. The van der Waals surface area contributed by atoms with Crippen LogP contribution < -0.4 is 4.90 Å². The molecule has 94 valence electrons. The predicted molar refractivity (Wildman–Crippen MR) is 58.9 cm³/mol. The molecule has 0 atom stereocenters. The molecule has 1 aromatic rings.